The van der Waals surface area contributed by atoms with Gasteiger partial charge in [0.15, 0.2) is 11.9 Å². The lowest BCUT2D eigenvalue weighted by molar-refractivity contribution is -0.137. The van der Waals surface area contributed by atoms with E-state index in [1.165, 1.54) is 18.9 Å². The zero-order chi connectivity index (χ0) is 22.9. The predicted octanol–water partition coefficient (Wildman–Crippen LogP) is 6.94. The van der Waals surface area contributed by atoms with Gasteiger partial charge in [-0.1, -0.05) is 64.9 Å². The number of hydrogen-bond donors (Lipinski definition) is 1. The molecule has 0 aliphatic heterocycles. The van der Waals surface area contributed by atoms with Crippen LogP contribution in [0, 0.1) is 11.3 Å². The maximum atomic E-state index is 13.1. The molecular weight excluding hydrogens is 531 g/mol. The molecule has 14 heteroatoms. The van der Waals surface area contributed by atoms with Crippen molar-refractivity contribution >= 4 is 75.6 Å². The fourth-order valence-corrected chi connectivity index (χ4v) is 4.25. The Kier molecular flexibility index (Phi) is 8.36. The minimum atomic E-state index is -4.66. The number of nitrogens with zero attached hydrogens (tertiary/aromatic N) is 3. The summed E-state index contributed by atoms with van der Waals surface area (Å²) in [5.74, 6) is 0.648. The standard InChI is InChI=1S/C16H12Cl5F3N4OS/c1-3-30-12-10(6-25)27-28(13(12)26-14(29-2)15(19,20)21)11-8(17)4-7(5-9(11)18)16(22,23)24/h4-5,14,26H,3H2,1-2H3. The van der Waals surface area contributed by atoms with E-state index < -0.39 is 21.8 Å². The van der Waals surface area contributed by atoms with Crippen molar-refractivity contribution in [3.63, 3.8) is 0 Å². The zero-order valence-corrected chi connectivity index (χ0v) is 19.7. The number of nitrogens with one attached hydrogen (secondary N) is 1. The molecule has 2 rings (SSSR count). The number of aromatic nitrogens is 2. The van der Waals surface area contributed by atoms with E-state index in [0.717, 1.165) is 4.68 Å². The van der Waals surface area contributed by atoms with Gasteiger partial charge in [0, 0.05) is 7.11 Å². The van der Waals surface area contributed by atoms with Crippen molar-refractivity contribution in [2.24, 2.45) is 0 Å². The molecule has 0 saturated heterocycles. The van der Waals surface area contributed by atoms with Crippen LogP contribution in [0.15, 0.2) is 17.0 Å². The first-order valence-corrected chi connectivity index (χ1v) is 10.8. The van der Waals surface area contributed by atoms with E-state index in [4.69, 9.17) is 62.7 Å². The van der Waals surface area contributed by atoms with Crippen LogP contribution in [0.1, 0.15) is 18.2 Å². The SMILES string of the molecule is CCSc1c(C#N)nn(-c2c(Cl)cc(C(F)(F)F)cc2Cl)c1NC(OC)C(Cl)(Cl)Cl. The van der Waals surface area contributed by atoms with E-state index in [-0.39, 0.29) is 27.2 Å². The number of thioether (sulfide) groups is 1. The van der Waals surface area contributed by atoms with Crippen LogP contribution in [-0.4, -0.2) is 32.7 Å². The average Bonchev–Trinajstić information content (AvgIpc) is 2.94. The summed E-state index contributed by atoms with van der Waals surface area (Å²) in [4.78, 5) is 0.350. The van der Waals surface area contributed by atoms with Gasteiger partial charge in [0.2, 0.25) is 3.79 Å². The highest BCUT2D eigenvalue weighted by Gasteiger charge is 2.36. The zero-order valence-electron chi connectivity index (χ0n) is 15.1. The summed E-state index contributed by atoms with van der Waals surface area (Å²) >= 11 is 31.2. The second-order valence-corrected chi connectivity index (χ2v) is 10.0. The first-order chi connectivity index (χ1) is 13.8. The topological polar surface area (TPSA) is 62.9 Å². The number of anilines is 1. The first kappa shape index (κ1) is 25.5. The van der Waals surface area contributed by atoms with Crippen LogP contribution < -0.4 is 5.32 Å². The van der Waals surface area contributed by atoms with Crippen molar-refractivity contribution in [1.29, 1.82) is 5.26 Å². The Morgan fingerprint density at radius 3 is 2.23 bits per heavy atom. The number of hydrogen-bond acceptors (Lipinski definition) is 5. The van der Waals surface area contributed by atoms with Crippen LogP contribution in [0.25, 0.3) is 5.69 Å². The lowest BCUT2D eigenvalue weighted by Crippen LogP contribution is -2.36. The lowest BCUT2D eigenvalue weighted by atomic mass is 10.2. The highest BCUT2D eigenvalue weighted by Crippen LogP contribution is 2.42. The molecule has 0 saturated carbocycles. The van der Waals surface area contributed by atoms with Gasteiger partial charge in [-0.05, 0) is 17.9 Å². The molecule has 5 nitrogen and oxygen atoms in total. The average molecular weight is 543 g/mol. The van der Waals surface area contributed by atoms with E-state index in [1.807, 2.05) is 13.0 Å². The number of halogens is 8. The Balaban J connectivity index is 2.76. The molecule has 1 atom stereocenters. The summed E-state index contributed by atoms with van der Waals surface area (Å²) in [6.45, 7) is 1.83. The van der Waals surface area contributed by atoms with E-state index in [9.17, 15) is 18.4 Å². The molecule has 1 aromatic heterocycles. The maximum absolute atomic E-state index is 13.1. The number of methoxy groups -OCH3 is 1. The fourth-order valence-electron chi connectivity index (χ4n) is 2.38. The summed E-state index contributed by atoms with van der Waals surface area (Å²) in [7, 11) is 1.27. The molecule has 0 fully saturated rings. The van der Waals surface area contributed by atoms with Crippen LogP contribution in [0.5, 0.6) is 0 Å². The van der Waals surface area contributed by atoms with Gasteiger partial charge in [-0.25, -0.2) is 4.68 Å². The van der Waals surface area contributed by atoms with E-state index in [2.05, 4.69) is 10.4 Å². The van der Waals surface area contributed by atoms with Gasteiger partial charge in [-0.3, -0.25) is 0 Å². The van der Waals surface area contributed by atoms with Crippen molar-refractivity contribution in [3.05, 3.63) is 33.4 Å². The largest absolute Gasteiger partial charge is 0.416 e. The Morgan fingerprint density at radius 2 is 1.83 bits per heavy atom. The van der Waals surface area contributed by atoms with Gasteiger partial charge in [0.25, 0.3) is 0 Å². The van der Waals surface area contributed by atoms with Gasteiger partial charge in [-0.2, -0.15) is 23.5 Å². The van der Waals surface area contributed by atoms with Crippen LogP contribution in [0.2, 0.25) is 10.0 Å². The lowest BCUT2D eigenvalue weighted by Gasteiger charge is -2.26. The Morgan fingerprint density at radius 1 is 1.27 bits per heavy atom. The van der Waals surface area contributed by atoms with Crippen molar-refractivity contribution in [2.45, 2.75) is 28.0 Å². The molecule has 1 N–H and O–H groups in total. The third kappa shape index (κ3) is 5.54. The molecule has 164 valence electrons. The van der Waals surface area contributed by atoms with Gasteiger partial charge in [0.1, 0.15) is 17.6 Å². The first-order valence-electron chi connectivity index (χ1n) is 7.93. The maximum Gasteiger partial charge on any atom is 0.416 e. The summed E-state index contributed by atoms with van der Waals surface area (Å²) in [6, 6.07) is 3.32. The van der Waals surface area contributed by atoms with Gasteiger partial charge < -0.3 is 10.1 Å². The number of rotatable bonds is 6. The minimum Gasteiger partial charge on any atom is -0.357 e. The molecule has 0 bridgehead atoms. The Labute approximate surface area is 199 Å². The Bertz CT molecular complexity index is 948. The van der Waals surface area contributed by atoms with Crippen molar-refractivity contribution in [1.82, 2.24) is 9.78 Å². The van der Waals surface area contributed by atoms with Crippen molar-refractivity contribution < 1.29 is 17.9 Å². The molecule has 1 unspecified atom stereocenters. The third-order valence-corrected chi connectivity index (χ3v) is 5.73. The van der Waals surface area contributed by atoms with Crippen LogP contribution in [0.3, 0.4) is 0 Å². The number of ether oxygens (including phenoxy) is 1. The molecule has 2 aromatic rings. The highest BCUT2D eigenvalue weighted by molar-refractivity contribution is 7.99. The van der Waals surface area contributed by atoms with Crippen molar-refractivity contribution in [3.8, 4) is 11.8 Å². The van der Waals surface area contributed by atoms with E-state index in [0.29, 0.717) is 22.8 Å². The fraction of sp³-hybridized carbons (Fsp3) is 0.375. The summed E-state index contributed by atoms with van der Waals surface area (Å²) in [5, 5.41) is 15.7. The van der Waals surface area contributed by atoms with Gasteiger partial charge in [-0.15, -0.1) is 11.8 Å². The molecule has 0 aliphatic carbocycles. The summed E-state index contributed by atoms with van der Waals surface area (Å²) in [6.07, 6.45) is -5.86. The molecule has 0 spiro atoms. The second kappa shape index (κ2) is 9.82. The highest BCUT2D eigenvalue weighted by atomic mass is 35.6. The van der Waals surface area contributed by atoms with Crippen molar-refractivity contribution in [2.75, 3.05) is 18.2 Å². The monoisotopic (exact) mass is 540 g/mol. The number of nitriles is 1. The molecule has 0 aliphatic rings. The summed E-state index contributed by atoms with van der Waals surface area (Å²) in [5.41, 5.74) is -1.16. The van der Waals surface area contributed by atoms with Gasteiger partial charge >= 0.3 is 6.18 Å². The number of benzene rings is 1. The molecule has 0 amide bonds. The predicted molar refractivity (Wildman–Crippen MR) is 114 cm³/mol. The molecule has 1 aromatic carbocycles. The van der Waals surface area contributed by atoms with E-state index >= 15 is 0 Å². The second-order valence-electron chi connectivity index (χ2n) is 5.57. The Hall–Kier alpha value is -0.730. The van der Waals surface area contributed by atoms with Gasteiger partial charge in [0.05, 0.1) is 20.5 Å². The minimum absolute atomic E-state index is 0.0319. The molecule has 0 radical (unpaired) electrons. The normalized spacial score (nSPS) is 13.2. The van der Waals surface area contributed by atoms with Crippen LogP contribution in [0.4, 0.5) is 19.0 Å². The summed E-state index contributed by atoms with van der Waals surface area (Å²) < 4.78 is 43.5. The quantitative estimate of drug-likeness (QED) is 0.244. The number of alkyl halides is 6. The van der Waals surface area contributed by atoms with Crippen LogP contribution in [-0.2, 0) is 10.9 Å². The van der Waals surface area contributed by atoms with Crippen LogP contribution >= 0.6 is 69.8 Å². The smallest absolute Gasteiger partial charge is 0.357 e. The molecular formula is C16H12Cl5F3N4OS. The molecule has 30 heavy (non-hydrogen) atoms. The van der Waals surface area contributed by atoms with E-state index in [1.54, 1.807) is 0 Å². The molecule has 1 heterocycles. The third-order valence-electron chi connectivity index (χ3n) is 3.59.